The lowest BCUT2D eigenvalue weighted by molar-refractivity contribution is -0.119. The number of fused-ring (bicyclic) bond motifs is 4. The van der Waals surface area contributed by atoms with Gasteiger partial charge in [0.05, 0.1) is 41.4 Å². The summed E-state index contributed by atoms with van der Waals surface area (Å²) < 4.78 is 36.1. The lowest BCUT2D eigenvalue weighted by Gasteiger charge is -2.23. The number of nitrogens with one attached hydrogen (secondary N) is 3. The first-order valence-corrected chi connectivity index (χ1v) is 13.6. The molecule has 2 aromatic carbocycles. The molecule has 1 aliphatic rings. The molecule has 42 heavy (non-hydrogen) atoms. The Hall–Kier alpha value is -4.58. The van der Waals surface area contributed by atoms with Crippen molar-refractivity contribution < 1.29 is 23.1 Å². The van der Waals surface area contributed by atoms with Crippen LogP contribution in [0.5, 0.6) is 0 Å². The molecule has 3 N–H and O–H groups in total. The van der Waals surface area contributed by atoms with Crippen LogP contribution in [0.4, 0.5) is 30.8 Å². The first kappa shape index (κ1) is 28.9. The lowest BCUT2D eigenvalue weighted by Crippen LogP contribution is -2.22. The SMILES string of the molecule is COC(=O)Nc1ccc2c(c1)NC(=O)[C@H](C)CCC[C@H](Nc1nnn(-c3cccc(Cl)c3F)c1C)c1cc-2ncc1F. The fourth-order valence-corrected chi connectivity index (χ4v) is 4.99. The second-order valence-electron chi connectivity index (χ2n) is 9.99. The van der Waals surface area contributed by atoms with Crippen LogP contribution < -0.4 is 16.0 Å². The van der Waals surface area contributed by atoms with E-state index in [9.17, 15) is 14.0 Å². The van der Waals surface area contributed by atoms with Crippen LogP contribution in [-0.4, -0.2) is 39.1 Å². The van der Waals surface area contributed by atoms with Crippen LogP contribution in [0.25, 0.3) is 16.9 Å². The number of ether oxygens (including phenoxy) is 1. The summed E-state index contributed by atoms with van der Waals surface area (Å²) >= 11 is 5.96. The number of benzene rings is 2. The highest BCUT2D eigenvalue weighted by molar-refractivity contribution is 6.30. The third-order valence-corrected chi connectivity index (χ3v) is 7.48. The minimum Gasteiger partial charge on any atom is -0.453 e. The van der Waals surface area contributed by atoms with Gasteiger partial charge in [-0.25, -0.2) is 18.3 Å². The van der Waals surface area contributed by atoms with Crippen molar-refractivity contribution >= 4 is 40.8 Å². The van der Waals surface area contributed by atoms with Gasteiger partial charge in [-0.05, 0) is 56.2 Å². The molecular formula is C29H28ClF2N7O3. The molecule has 0 unspecified atom stereocenters. The van der Waals surface area contributed by atoms with Gasteiger partial charge in [-0.2, -0.15) is 0 Å². The molecule has 2 amide bonds. The summed E-state index contributed by atoms with van der Waals surface area (Å²) in [6, 6.07) is 10.5. The summed E-state index contributed by atoms with van der Waals surface area (Å²) in [6.45, 7) is 3.53. The molecule has 0 fully saturated rings. The number of anilines is 3. The molecule has 218 valence electrons. The highest BCUT2D eigenvalue weighted by atomic mass is 35.5. The number of carbonyl (C=O) groups is 2. The van der Waals surface area contributed by atoms with Crippen LogP contribution in [0.1, 0.15) is 43.5 Å². The number of aromatic nitrogens is 4. The quantitative estimate of drug-likeness (QED) is 0.241. The fraction of sp³-hybridized carbons (Fsp3) is 0.276. The lowest BCUT2D eigenvalue weighted by atomic mass is 9.94. The maximum Gasteiger partial charge on any atom is 0.411 e. The number of pyridine rings is 1. The van der Waals surface area contributed by atoms with Gasteiger partial charge in [0.2, 0.25) is 5.91 Å². The molecule has 0 spiro atoms. The average molecular weight is 596 g/mol. The number of rotatable bonds is 4. The second-order valence-corrected chi connectivity index (χ2v) is 10.4. The van der Waals surface area contributed by atoms with E-state index in [1.54, 1.807) is 37.3 Å². The number of amides is 2. The number of nitrogens with zero attached hydrogens (tertiary/aromatic N) is 4. The van der Waals surface area contributed by atoms with Gasteiger partial charge in [-0.1, -0.05) is 36.2 Å². The third kappa shape index (κ3) is 5.89. The van der Waals surface area contributed by atoms with Crippen LogP contribution >= 0.6 is 11.6 Å². The summed E-state index contributed by atoms with van der Waals surface area (Å²) in [7, 11) is 1.25. The Morgan fingerprint density at radius 1 is 1.19 bits per heavy atom. The maximum absolute atomic E-state index is 15.4. The Labute approximate surface area is 245 Å². The fourth-order valence-electron chi connectivity index (χ4n) is 4.82. The topological polar surface area (TPSA) is 123 Å². The number of hydrogen-bond acceptors (Lipinski definition) is 7. The first-order chi connectivity index (χ1) is 20.2. The summed E-state index contributed by atoms with van der Waals surface area (Å²) in [5.74, 6) is -1.39. The van der Waals surface area contributed by atoms with E-state index in [1.165, 1.54) is 23.9 Å². The number of hydrogen-bond donors (Lipinski definition) is 3. The Bertz CT molecular complexity index is 1660. The van der Waals surface area contributed by atoms with Crippen LogP contribution in [0.3, 0.4) is 0 Å². The zero-order valence-corrected chi connectivity index (χ0v) is 23.8. The molecule has 3 heterocycles. The van der Waals surface area contributed by atoms with E-state index in [-0.39, 0.29) is 22.5 Å². The van der Waals surface area contributed by atoms with E-state index in [2.05, 4.69) is 36.0 Å². The Morgan fingerprint density at radius 3 is 2.79 bits per heavy atom. The monoisotopic (exact) mass is 595 g/mol. The van der Waals surface area contributed by atoms with Crippen molar-refractivity contribution in [2.24, 2.45) is 5.92 Å². The van der Waals surface area contributed by atoms with Crippen LogP contribution in [0.2, 0.25) is 5.02 Å². The molecule has 2 bridgehead atoms. The molecule has 0 saturated carbocycles. The molecule has 0 aliphatic carbocycles. The van der Waals surface area contributed by atoms with Crippen molar-refractivity contribution in [1.29, 1.82) is 0 Å². The predicted molar refractivity (Wildman–Crippen MR) is 155 cm³/mol. The van der Waals surface area contributed by atoms with Gasteiger partial charge in [0.25, 0.3) is 0 Å². The zero-order valence-electron chi connectivity index (χ0n) is 23.0. The van der Waals surface area contributed by atoms with E-state index >= 15 is 4.39 Å². The first-order valence-electron chi connectivity index (χ1n) is 13.2. The Balaban J connectivity index is 1.55. The maximum atomic E-state index is 15.4. The molecule has 10 nitrogen and oxygen atoms in total. The van der Waals surface area contributed by atoms with Gasteiger partial charge >= 0.3 is 6.09 Å². The standard InChI is InChI=1S/C29H28ClF2N7O3/c1-15-6-4-8-22(35-27-16(2)39(38-37-27)25-9-5-7-20(30)26(25)32)19-13-23(33-14-21(19)31)18-11-10-17(34-29(41)42-3)12-24(18)36-28(15)40/h5,7,9-15,22,35H,4,6,8H2,1-3H3,(H,34,41)(H,36,40)/t15-,22+/m1/s1. The Kier molecular flexibility index (Phi) is 8.34. The van der Waals surface area contributed by atoms with E-state index in [0.717, 1.165) is 6.20 Å². The van der Waals surface area contributed by atoms with Crippen LogP contribution in [0.15, 0.2) is 48.7 Å². The van der Waals surface area contributed by atoms with E-state index in [4.69, 9.17) is 11.6 Å². The van der Waals surface area contributed by atoms with Crippen molar-refractivity contribution in [2.75, 3.05) is 23.1 Å². The molecule has 13 heteroatoms. The van der Waals surface area contributed by atoms with Gasteiger partial charge in [-0.15, -0.1) is 5.10 Å². The van der Waals surface area contributed by atoms with Gasteiger partial charge < -0.3 is 15.4 Å². The Morgan fingerprint density at radius 2 is 2.00 bits per heavy atom. The highest BCUT2D eigenvalue weighted by Gasteiger charge is 2.25. The molecule has 0 radical (unpaired) electrons. The smallest absolute Gasteiger partial charge is 0.411 e. The molecule has 5 rings (SSSR count). The molecule has 2 atom stereocenters. The zero-order chi connectivity index (χ0) is 30.0. The summed E-state index contributed by atoms with van der Waals surface area (Å²) in [5, 5.41) is 17.1. The van der Waals surface area contributed by atoms with Crippen LogP contribution in [-0.2, 0) is 9.53 Å². The minimum atomic E-state index is -0.663. The summed E-state index contributed by atoms with van der Waals surface area (Å²) in [5.41, 5.74) is 2.72. The number of halogens is 3. The van der Waals surface area contributed by atoms with Gasteiger partial charge in [0.1, 0.15) is 11.5 Å². The number of carbonyl (C=O) groups excluding carboxylic acids is 2. The van der Waals surface area contributed by atoms with Gasteiger partial charge in [0.15, 0.2) is 11.6 Å². The summed E-state index contributed by atoms with van der Waals surface area (Å²) in [4.78, 5) is 29.1. The molecule has 1 aliphatic heterocycles. The predicted octanol–water partition coefficient (Wildman–Crippen LogP) is 6.66. The van der Waals surface area contributed by atoms with E-state index < -0.39 is 23.8 Å². The normalized spacial score (nSPS) is 16.9. The van der Waals surface area contributed by atoms with Crippen molar-refractivity contribution in [1.82, 2.24) is 20.0 Å². The van der Waals surface area contributed by atoms with Crippen molar-refractivity contribution in [3.05, 3.63) is 76.6 Å². The van der Waals surface area contributed by atoms with Crippen LogP contribution in [0, 0.1) is 24.5 Å². The average Bonchev–Trinajstić information content (AvgIpc) is 3.33. The molecule has 2 aromatic heterocycles. The minimum absolute atomic E-state index is 0.0470. The largest absolute Gasteiger partial charge is 0.453 e. The highest BCUT2D eigenvalue weighted by Crippen LogP contribution is 2.35. The summed E-state index contributed by atoms with van der Waals surface area (Å²) in [6.07, 6.45) is 2.04. The van der Waals surface area contributed by atoms with E-state index in [1.807, 2.05) is 6.92 Å². The van der Waals surface area contributed by atoms with E-state index in [0.29, 0.717) is 59.0 Å². The van der Waals surface area contributed by atoms with Crippen molar-refractivity contribution in [3.63, 3.8) is 0 Å². The molecule has 4 aromatic rings. The van der Waals surface area contributed by atoms with Gasteiger partial charge in [0, 0.05) is 22.7 Å². The second kappa shape index (κ2) is 12.1. The van der Waals surface area contributed by atoms with Crippen molar-refractivity contribution in [2.45, 2.75) is 39.2 Å². The number of methoxy groups -OCH3 is 1. The third-order valence-electron chi connectivity index (χ3n) is 7.19. The van der Waals surface area contributed by atoms with Gasteiger partial charge in [-0.3, -0.25) is 15.1 Å². The molecule has 0 saturated heterocycles. The molecular weight excluding hydrogens is 568 g/mol. The van der Waals surface area contributed by atoms with Crippen molar-refractivity contribution in [3.8, 4) is 16.9 Å².